The molecule has 0 amide bonds. The molecule has 0 saturated carbocycles. The largest absolute Gasteiger partial charge is 0.342 e. The smallest absolute Gasteiger partial charge is 0.270 e. The summed E-state index contributed by atoms with van der Waals surface area (Å²) in [6.07, 6.45) is 1.59. The van der Waals surface area contributed by atoms with E-state index in [4.69, 9.17) is 0 Å². The van der Waals surface area contributed by atoms with E-state index in [1.54, 1.807) is 6.21 Å². The average molecular weight is 281 g/mol. The zero-order valence-electron chi connectivity index (χ0n) is 10.8. The predicted molar refractivity (Wildman–Crippen MR) is 80.6 cm³/mol. The van der Waals surface area contributed by atoms with E-state index in [0.29, 0.717) is 0 Å². The highest BCUT2D eigenvalue weighted by Crippen LogP contribution is 2.16. The van der Waals surface area contributed by atoms with Crippen LogP contribution in [0.4, 0.5) is 5.82 Å². The van der Waals surface area contributed by atoms with Crippen molar-refractivity contribution in [2.45, 2.75) is 0 Å². The third-order valence-electron chi connectivity index (χ3n) is 2.91. The molecule has 7 heteroatoms. The van der Waals surface area contributed by atoms with Crippen LogP contribution in [0, 0.1) is 0 Å². The van der Waals surface area contributed by atoms with Crippen molar-refractivity contribution < 1.29 is 0 Å². The fourth-order valence-corrected chi connectivity index (χ4v) is 1.95. The molecule has 0 aliphatic heterocycles. The molecule has 104 valence electrons. The van der Waals surface area contributed by atoms with E-state index in [1.807, 2.05) is 42.5 Å². The number of hydrogen-bond acceptors (Lipinski definition) is 5. The van der Waals surface area contributed by atoms with Crippen molar-refractivity contribution in [1.29, 1.82) is 0 Å². The number of rotatable bonds is 3. The molecule has 0 spiro atoms. The van der Waals surface area contributed by atoms with Crippen LogP contribution in [-0.2, 0) is 0 Å². The van der Waals surface area contributed by atoms with Crippen LogP contribution >= 0.6 is 0 Å². The van der Waals surface area contributed by atoms with Gasteiger partial charge in [-0.3, -0.25) is 15.2 Å². The lowest BCUT2D eigenvalue weighted by molar-refractivity contribution is 0.890. The van der Waals surface area contributed by atoms with Gasteiger partial charge in [-0.1, -0.05) is 42.5 Å². The first-order chi connectivity index (χ1) is 10.2. The van der Waals surface area contributed by atoms with E-state index in [2.05, 4.69) is 25.7 Å². The highest BCUT2D eigenvalue weighted by atomic mass is 16.2. The second-order valence-corrected chi connectivity index (χ2v) is 4.29. The van der Waals surface area contributed by atoms with Crippen LogP contribution in [0.5, 0.6) is 0 Å². The van der Waals surface area contributed by atoms with Gasteiger partial charge in [-0.05, 0) is 10.8 Å². The average Bonchev–Trinajstić information content (AvgIpc) is 2.50. The van der Waals surface area contributed by atoms with Gasteiger partial charge in [0.2, 0.25) is 5.82 Å². The second-order valence-electron chi connectivity index (χ2n) is 4.29. The van der Waals surface area contributed by atoms with Gasteiger partial charge in [0, 0.05) is 5.56 Å². The number of aromatic nitrogens is 3. The molecule has 0 radical (unpaired) electrons. The Morgan fingerprint density at radius 3 is 2.76 bits per heavy atom. The molecule has 3 rings (SSSR count). The fourth-order valence-electron chi connectivity index (χ4n) is 1.95. The predicted octanol–water partition coefficient (Wildman–Crippen LogP) is 1.06. The van der Waals surface area contributed by atoms with Crippen LogP contribution in [0.3, 0.4) is 0 Å². The standard InChI is InChI=1S/C14H11N5O2/c20-13-12(18-19-14(21)16-13)17-15-8-10-6-3-5-9-4-1-2-7-11(9)10/h1-8H,(H,17,18)(H2,16,19,20,21). The normalized spacial score (nSPS) is 11.0. The molecule has 3 N–H and O–H groups in total. The lowest BCUT2D eigenvalue weighted by Gasteiger charge is -2.01. The number of aromatic amines is 2. The second kappa shape index (κ2) is 5.41. The van der Waals surface area contributed by atoms with Gasteiger partial charge in [-0.25, -0.2) is 9.89 Å². The molecule has 21 heavy (non-hydrogen) atoms. The number of benzene rings is 2. The van der Waals surface area contributed by atoms with Gasteiger partial charge < -0.3 is 0 Å². The van der Waals surface area contributed by atoms with E-state index in [1.165, 1.54) is 0 Å². The molecule has 3 aromatic rings. The Morgan fingerprint density at radius 2 is 1.90 bits per heavy atom. The molecule has 0 aliphatic rings. The molecule has 1 aromatic heterocycles. The summed E-state index contributed by atoms with van der Waals surface area (Å²) in [4.78, 5) is 24.3. The van der Waals surface area contributed by atoms with Crippen molar-refractivity contribution in [3.05, 3.63) is 68.9 Å². The molecule has 0 aliphatic carbocycles. The van der Waals surface area contributed by atoms with Crippen molar-refractivity contribution in [3.8, 4) is 0 Å². The molecular formula is C14H11N5O2. The minimum atomic E-state index is -0.663. The van der Waals surface area contributed by atoms with Crippen molar-refractivity contribution in [3.63, 3.8) is 0 Å². The molecule has 0 saturated heterocycles. The van der Waals surface area contributed by atoms with Crippen LogP contribution in [0.15, 0.2) is 57.2 Å². The summed E-state index contributed by atoms with van der Waals surface area (Å²) >= 11 is 0. The first kappa shape index (κ1) is 12.8. The maximum absolute atomic E-state index is 11.4. The number of anilines is 1. The van der Waals surface area contributed by atoms with Crippen molar-refractivity contribution in [2.75, 3.05) is 5.43 Å². The van der Waals surface area contributed by atoms with Crippen molar-refractivity contribution in [1.82, 2.24) is 15.2 Å². The Kier molecular flexibility index (Phi) is 3.30. The first-order valence-corrected chi connectivity index (χ1v) is 6.20. The number of hydrazone groups is 1. The molecule has 0 unspecified atom stereocenters. The van der Waals surface area contributed by atoms with Gasteiger partial charge in [0.05, 0.1) is 6.21 Å². The summed E-state index contributed by atoms with van der Waals surface area (Å²) in [5.74, 6) is -0.0777. The molecule has 0 fully saturated rings. The summed E-state index contributed by atoms with van der Waals surface area (Å²) in [6, 6.07) is 13.8. The lowest BCUT2D eigenvalue weighted by Crippen LogP contribution is -2.25. The Balaban J connectivity index is 1.88. The van der Waals surface area contributed by atoms with Crippen molar-refractivity contribution in [2.24, 2.45) is 5.10 Å². The Bertz CT molecular complexity index is 921. The minimum Gasteiger partial charge on any atom is -0.270 e. The summed E-state index contributed by atoms with van der Waals surface area (Å²) < 4.78 is 0. The van der Waals surface area contributed by atoms with Crippen LogP contribution in [0.1, 0.15) is 5.56 Å². The Morgan fingerprint density at radius 1 is 1.10 bits per heavy atom. The van der Waals surface area contributed by atoms with Gasteiger partial charge in [0.1, 0.15) is 0 Å². The van der Waals surface area contributed by atoms with Crippen LogP contribution < -0.4 is 16.7 Å². The highest BCUT2D eigenvalue weighted by molar-refractivity contribution is 5.99. The lowest BCUT2D eigenvalue weighted by atomic mass is 10.1. The summed E-state index contributed by atoms with van der Waals surface area (Å²) in [5.41, 5.74) is 2.11. The molecule has 1 heterocycles. The maximum atomic E-state index is 11.4. The van der Waals surface area contributed by atoms with E-state index in [-0.39, 0.29) is 5.82 Å². The third-order valence-corrected chi connectivity index (χ3v) is 2.91. The van der Waals surface area contributed by atoms with E-state index < -0.39 is 11.2 Å². The zero-order valence-corrected chi connectivity index (χ0v) is 10.8. The topological polar surface area (TPSA) is 103 Å². The van der Waals surface area contributed by atoms with Gasteiger partial charge in [0.25, 0.3) is 5.56 Å². The minimum absolute atomic E-state index is 0.0777. The van der Waals surface area contributed by atoms with Crippen LogP contribution in [0.25, 0.3) is 10.8 Å². The number of hydrogen-bond donors (Lipinski definition) is 3. The first-order valence-electron chi connectivity index (χ1n) is 6.20. The summed E-state index contributed by atoms with van der Waals surface area (Å²) in [5, 5.41) is 11.8. The Labute approximate surface area is 118 Å². The SMILES string of the molecule is O=c1[nH]nc(NN=Cc2cccc3ccccc23)c(=O)[nH]1. The van der Waals surface area contributed by atoms with Gasteiger partial charge >= 0.3 is 5.69 Å². The molecule has 0 bridgehead atoms. The molecular weight excluding hydrogens is 270 g/mol. The summed E-state index contributed by atoms with van der Waals surface area (Å²) in [6.45, 7) is 0. The highest BCUT2D eigenvalue weighted by Gasteiger charge is 2.00. The van der Waals surface area contributed by atoms with Gasteiger partial charge in [-0.2, -0.15) is 5.10 Å². The molecule has 7 nitrogen and oxygen atoms in total. The van der Waals surface area contributed by atoms with Gasteiger partial charge in [0.15, 0.2) is 0 Å². The van der Waals surface area contributed by atoms with E-state index in [9.17, 15) is 9.59 Å². The maximum Gasteiger partial charge on any atom is 0.342 e. The van der Waals surface area contributed by atoms with Gasteiger partial charge in [-0.15, -0.1) is 5.10 Å². The Hall–Kier alpha value is -3.22. The molecule has 0 atom stereocenters. The van der Waals surface area contributed by atoms with E-state index >= 15 is 0 Å². The number of fused-ring (bicyclic) bond motifs is 1. The fraction of sp³-hybridized carbons (Fsp3) is 0. The monoisotopic (exact) mass is 281 g/mol. The zero-order chi connectivity index (χ0) is 14.7. The number of nitrogens with zero attached hydrogens (tertiary/aromatic N) is 2. The van der Waals surface area contributed by atoms with Crippen molar-refractivity contribution >= 4 is 22.8 Å². The third kappa shape index (κ3) is 2.71. The molecule has 2 aromatic carbocycles. The van der Waals surface area contributed by atoms with E-state index in [0.717, 1.165) is 16.3 Å². The van der Waals surface area contributed by atoms with Crippen LogP contribution in [-0.4, -0.2) is 21.4 Å². The quantitative estimate of drug-likeness (QED) is 0.493. The number of nitrogens with one attached hydrogen (secondary N) is 3. The van der Waals surface area contributed by atoms with Crippen LogP contribution in [0.2, 0.25) is 0 Å². The summed E-state index contributed by atoms with van der Waals surface area (Å²) in [7, 11) is 0. The number of H-pyrrole nitrogens is 2.